The Morgan fingerprint density at radius 1 is 1.47 bits per heavy atom. The van der Waals surface area contributed by atoms with Crippen LogP contribution in [0.1, 0.15) is 19.3 Å². The van der Waals surface area contributed by atoms with Gasteiger partial charge < -0.3 is 15.8 Å². The van der Waals surface area contributed by atoms with E-state index in [1.807, 2.05) is 0 Å². The summed E-state index contributed by atoms with van der Waals surface area (Å²) in [5, 5.41) is 2.90. The minimum atomic E-state index is 0.118. The largest absolute Gasteiger partial charge is 0.385 e. The maximum atomic E-state index is 11.6. The fourth-order valence-corrected chi connectivity index (χ4v) is 2.08. The quantitative estimate of drug-likeness (QED) is 0.608. The highest BCUT2D eigenvalue weighted by Gasteiger charge is 2.19. The number of carbonyl (C=O) groups is 1. The number of likely N-dealkylation sites (tertiary alicyclic amines) is 1. The first-order valence-electron chi connectivity index (χ1n) is 6.44. The second-order valence-corrected chi connectivity index (χ2v) is 4.65. The minimum absolute atomic E-state index is 0.118. The number of piperidine rings is 1. The summed E-state index contributed by atoms with van der Waals surface area (Å²) in [6.07, 6.45) is 3.11. The third-order valence-corrected chi connectivity index (χ3v) is 3.26. The van der Waals surface area contributed by atoms with Crippen LogP contribution in [0.25, 0.3) is 0 Å². The fraction of sp³-hybridized carbons (Fsp3) is 0.917. The summed E-state index contributed by atoms with van der Waals surface area (Å²) in [7, 11) is 1.67. The van der Waals surface area contributed by atoms with Gasteiger partial charge in [-0.2, -0.15) is 0 Å². The van der Waals surface area contributed by atoms with E-state index in [9.17, 15) is 4.79 Å². The molecule has 1 rings (SSSR count). The molecule has 100 valence electrons. The highest BCUT2D eigenvalue weighted by molar-refractivity contribution is 5.77. The van der Waals surface area contributed by atoms with Gasteiger partial charge in [0.25, 0.3) is 0 Å². The monoisotopic (exact) mass is 243 g/mol. The van der Waals surface area contributed by atoms with Gasteiger partial charge in [-0.25, -0.2) is 0 Å². The lowest BCUT2D eigenvalue weighted by molar-refractivity contribution is -0.122. The van der Waals surface area contributed by atoms with Crippen LogP contribution in [0.5, 0.6) is 0 Å². The van der Waals surface area contributed by atoms with E-state index in [1.165, 1.54) is 0 Å². The normalized spacial score (nSPS) is 18.2. The summed E-state index contributed by atoms with van der Waals surface area (Å²) in [6.45, 7) is 4.68. The van der Waals surface area contributed by atoms with Crippen molar-refractivity contribution < 1.29 is 9.53 Å². The summed E-state index contributed by atoms with van der Waals surface area (Å²) in [5.74, 6) is 0.767. The highest BCUT2D eigenvalue weighted by atomic mass is 16.5. The standard InChI is InChI=1S/C12H25N3O2/c1-17-8-2-5-14-12(16)10-15-6-3-11(9-13)4-7-15/h11H,2-10,13H2,1H3,(H,14,16). The molecule has 3 N–H and O–H groups in total. The highest BCUT2D eigenvalue weighted by Crippen LogP contribution is 2.14. The molecule has 17 heavy (non-hydrogen) atoms. The molecule has 0 aromatic heterocycles. The third kappa shape index (κ3) is 6.00. The van der Waals surface area contributed by atoms with Crippen molar-refractivity contribution >= 4 is 5.91 Å². The molecular formula is C12H25N3O2. The van der Waals surface area contributed by atoms with Gasteiger partial charge in [0.05, 0.1) is 6.54 Å². The number of methoxy groups -OCH3 is 1. The van der Waals surface area contributed by atoms with Gasteiger partial charge in [0.1, 0.15) is 0 Å². The first-order chi connectivity index (χ1) is 8.26. The zero-order valence-corrected chi connectivity index (χ0v) is 10.8. The average molecular weight is 243 g/mol. The Morgan fingerprint density at radius 2 is 2.18 bits per heavy atom. The Kier molecular flexibility index (Phi) is 7.16. The van der Waals surface area contributed by atoms with Crippen molar-refractivity contribution in [1.29, 1.82) is 0 Å². The second-order valence-electron chi connectivity index (χ2n) is 4.65. The van der Waals surface area contributed by atoms with Crippen LogP contribution in [-0.4, -0.2) is 57.2 Å². The number of rotatable bonds is 7. The maximum Gasteiger partial charge on any atom is 0.234 e. The summed E-state index contributed by atoms with van der Waals surface area (Å²) in [4.78, 5) is 13.8. The molecule has 5 heteroatoms. The first-order valence-corrected chi connectivity index (χ1v) is 6.44. The molecule has 0 radical (unpaired) electrons. The Balaban J connectivity index is 2.06. The summed E-state index contributed by atoms with van der Waals surface area (Å²) < 4.78 is 4.92. The van der Waals surface area contributed by atoms with Crippen LogP contribution in [0.2, 0.25) is 0 Å². The van der Waals surface area contributed by atoms with E-state index in [4.69, 9.17) is 10.5 Å². The van der Waals surface area contributed by atoms with E-state index in [0.29, 0.717) is 25.6 Å². The summed E-state index contributed by atoms with van der Waals surface area (Å²) in [6, 6.07) is 0. The van der Waals surface area contributed by atoms with E-state index >= 15 is 0 Å². The second kappa shape index (κ2) is 8.44. The molecule has 0 atom stereocenters. The van der Waals surface area contributed by atoms with Crippen LogP contribution in [0.15, 0.2) is 0 Å². The Morgan fingerprint density at radius 3 is 2.76 bits per heavy atom. The topological polar surface area (TPSA) is 67.6 Å². The molecule has 1 fully saturated rings. The zero-order chi connectivity index (χ0) is 12.5. The van der Waals surface area contributed by atoms with E-state index in [-0.39, 0.29) is 5.91 Å². The number of ether oxygens (including phenoxy) is 1. The van der Waals surface area contributed by atoms with Crippen LogP contribution < -0.4 is 11.1 Å². The molecule has 0 unspecified atom stereocenters. The Bertz CT molecular complexity index is 216. The van der Waals surface area contributed by atoms with Crippen molar-refractivity contribution in [3.63, 3.8) is 0 Å². The third-order valence-electron chi connectivity index (χ3n) is 3.26. The zero-order valence-electron chi connectivity index (χ0n) is 10.8. The number of carbonyl (C=O) groups excluding carboxylic acids is 1. The Labute approximate surface area is 104 Å². The predicted molar refractivity (Wildman–Crippen MR) is 67.7 cm³/mol. The summed E-state index contributed by atoms with van der Waals surface area (Å²) in [5.41, 5.74) is 5.63. The van der Waals surface area contributed by atoms with Gasteiger partial charge in [0.2, 0.25) is 5.91 Å². The predicted octanol–water partition coefficient (Wildman–Crippen LogP) is -0.190. The number of hydrogen-bond acceptors (Lipinski definition) is 4. The lowest BCUT2D eigenvalue weighted by Gasteiger charge is -2.30. The Hall–Kier alpha value is -0.650. The molecule has 0 aromatic carbocycles. The van der Waals surface area contributed by atoms with Crippen molar-refractivity contribution in [1.82, 2.24) is 10.2 Å². The molecule has 0 aromatic rings. The van der Waals surface area contributed by atoms with Crippen LogP contribution in [0.4, 0.5) is 0 Å². The molecule has 0 bridgehead atoms. The van der Waals surface area contributed by atoms with Gasteiger partial charge in [-0.1, -0.05) is 0 Å². The molecule has 0 spiro atoms. The average Bonchev–Trinajstić information content (AvgIpc) is 2.36. The van der Waals surface area contributed by atoms with Crippen molar-refractivity contribution in [2.24, 2.45) is 11.7 Å². The van der Waals surface area contributed by atoms with Crippen molar-refractivity contribution in [2.75, 3.05) is 46.4 Å². The number of nitrogens with zero attached hydrogens (tertiary/aromatic N) is 1. The maximum absolute atomic E-state index is 11.6. The molecule has 1 saturated heterocycles. The molecule has 0 saturated carbocycles. The molecule has 0 aliphatic carbocycles. The number of nitrogens with two attached hydrogens (primary N) is 1. The number of hydrogen-bond donors (Lipinski definition) is 2. The van der Waals surface area contributed by atoms with E-state index in [1.54, 1.807) is 7.11 Å². The number of amides is 1. The van der Waals surface area contributed by atoms with Crippen LogP contribution in [0, 0.1) is 5.92 Å². The number of nitrogens with one attached hydrogen (secondary N) is 1. The van der Waals surface area contributed by atoms with Gasteiger partial charge in [-0.3, -0.25) is 9.69 Å². The molecule has 1 amide bonds. The van der Waals surface area contributed by atoms with Crippen molar-refractivity contribution in [3.8, 4) is 0 Å². The van der Waals surface area contributed by atoms with Crippen molar-refractivity contribution in [2.45, 2.75) is 19.3 Å². The van der Waals surface area contributed by atoms with Gasteiger partial charge >= 0.3 is 0 Å². The first kappa shape index (κ1) is 14.4. The van der Waals surface area contributed by atoms with Crippen molar-refractivity contribution in [3.05, 3.63) is 0 Å². The van der Waals surface area contributed by atoms with Gasteiger partial charge in [-0.05, 0) is 44.8 Å². The molecule has 5 nitrogen and oxygen atoms in total. The molecule has 1 aliphatic heterocycles. The van der Waals surface area contributed by atoms with E-state index in [2.05, 4.69) is 10.2 Å². The minimum Gasteiger partial charge on any atom is -0.385 e. The fourth-order valence-electron chi connectivity index (χ4n) is 2.08. The lowest BCUT2D eigenvalue weighted by Crippen LogP contribution is -2.42. The molecule has 1 heterocycles. The lowest BCUT2D eigenvalue weighted by atomic mass is 9.97. The molecule has 1 aliphatic rings. The SMILES string of the molecule is COCCCNC(=O)CN1CCC(CN)CC1. The van der Waals surface area contributed by atoms with Gasteiger partial charge in [0, 0.05) is 20.3 Å². The van der Waals surface area contributed by atoms with Gasteiger partial charge in [0.15, 0.2) is 0 Å². The van der Waals surface area contributed by atoms with E-state index in [0.717, 1.165) is 38.9 Å². The van der Waals surface area contributed by atoms with Gasteiger partial charge in [-0.15, -0.1) is 0 Å². The van der Waals surface area contributed by atoms with E-state index < -0.39 is 0 Å². The smallest absolute Gasteiger partial charge is 0.234 e. The molecular weight excluding hydrogens is 218 g/mol. The summed E-state index contributed by atoms with van der Waals surface area (Å²) >= 11 is 0. The van der Waals surface area contributed by atoms with Crippen LogP contribution >= 0.6 is 0 Å². The van der Waals surface area contributed by atoms with Crippen LogP contribution in [-0.2, 0) is 9.53 Å². The van der Waals surface area contributed by atoms with Crippen LogP contribution in [0.3, 0.4) is 0 Å².